The molecule has 5 heteroatoms. The summed E-state index contributed by atoms with van der Waals surface area (Å²) in [6.07, 6.45) is 0. The molecule has 1 aromatic carbocycles. The van der Waals surface area contributed by atoms with E-state index in [1.54, 1.807) is 25.1 Å². The van der Waals surface area contributed by atoms with E-state index in [1.807, 2.05) is 6.07 Å². The molecule has 0 aromatic heterocycles. The highest BCUT2D eigenvalue weighted by Gasteiger charge is 2.22. The zero-order valence-electron chi connectivity index (χ0n) is 9.07. The van der Waals surface area contributed by atoms with E-state index in [0.717, 1.165) is 0 Å². The van der Waals surface area contributed by atoms with Crippen molar-refractivity contribution < 1.29 is 10.2 Å². The van der Waals surface area contributed by atoms with E-state index in [1.165, 1.54) is 0 Å². The van der Waals surface area contributed by atoms with Crippen LogP contribution in [-0.2, 0) is 0 Å². The number of nitrogens with zero attached hydrogens (tertiary/aromatic N) is 1. The largest absolute Gasteiger partial charge is 0.397 e. The van der Waals surface area contributed by atoms with E-state index in [-0.39, 0.29) is 13.2 Å². The number of aliphatic hydroxyl groups excluding tert-OH is 2. The summed E-state index contributed by atoms with van der Waals surface area (Å²) >= 11 is 0. The Morgan fingerprint density at radius 3 is 2.56 bits per heavy atom. The molecule has 86 valence electrons. The number of hydrogen-bond donors (Lipinski definition) is 4. The Morgan fingerprint density at radius 2 is 2.06 bits per heavy atom. The maximum Gasteiger partial charge on any atom is 0.0992 e. The van der Waals surface area contributed by atoms with Crippen LogP contribution in [0, 0.1) is 11.3 Å². The van der Waals surface area contributed by atoms with Crippen molar-refractivity contribution >= 4 is 11.4 Å². The van der Waals surface area contributed by atoms with Crippen molar-refractivity contribution in [2.24, 2.45) is 0 Å². The second kappa shape index (κ2) is 4.84. The first-order valence-corrected chi connectivity index (χ1v) is 4.84. The lowest BCUT2D eigenvalue weighted by Gasteiger charge is -2.28. The fraction of sp³-hybridized carbons (Fsp3) is 0.364. The molecule has 0 radical (unpaired) electrons. The number of nitrogens with two attached hydrogens (primary N) is 1. The average molecular weight is 221 g/mol. The van der Waals surface area contributed by atoms with Crippen molar-refractivity contribution in [2.75, 3.05) is 24.3 Å². The van der Waals surface area contributed by atoms with Crippen molar-refractivity contribution in [1.82, 2.24) is 0 Å². The van der Waals surface area contributed by atoms with Crippen LogP contribution in [0.2, 0.25) is 0 Å². The quantitative estimate of drug-likeness (QED) is 0.547. The summed E-state index contributed by atoms with van der Waals surface area (Å²) < 4.78 is 0. The minimum absolute atomic E-state index is 0.236. The van der Waals surface area contributed by atoms with Crippen LogP contribution in [0.5, 0.6) is 0 Å². The highest BCUT2D eigenvalue weighted by atomic mass is 16.3. The molecule has 0 atom stereocenters. The lowest BCUT2D eigenvalue weighted by molar-refractivity contribution is 0.147. The predicted molar refractivity (Wildman–Crippen MR) is 61.8 cm³/mol. The predicted octanol–water partition coefficient (Wildman–Crippen LogP) is 0.296. The third-order valence-corrected chi connectivity index (χ3v) is 2.32. The fourth-order valence-electron chi connectivity index (χ4n) is 1.19. The van der Waals surface area contributed by atoms with Gasteiger partial charge in [0.2, 0.25) is 0 Å². The maximum atomic E-state index is 9.14. The molecule has 0 fully saturated rings. The van der Waals surface area contributed by atoms with E-state index in [9.17, 15) is 0 Å². The number of benzene rings is 1. The van der Waals surface area contributed by atoms with Gasteiger partial charge < -0.3 is 21.3 Å². The molecule has 5 nitrogen and oxygen atoms in total. The molecule has 0 unspecified atom stereocenters. The van der Waals surface area contributed by atoms with Crippen LogP contribution in [0.4, 0.5) is 11.4 Å². The second-order valence-corrected chi connectivity index (χ2v) is 3.92. The van der Waals surface area contributed by atoms with Crippen molar-refractivity contribution in [3.8, 4) is 6.07 Å². The molecule has 0 saturated heterocycles. The van der Waals surface area contributed by atoms with Crippen LogP contribution in [-0.4, -0.2) is 29.0 Å². The Morgan fingerprint density at radius 1 is 1.44 bits per heavy atom. The molecular weight excluding hydrogens is 206 g/mol. The standard InChI is InChI=1S/C11H15N3O2/c1-11(6-15,7-16)14-10-4-8(5-12)2-3-9(10)13/h2-4,14-16H,6-7,13H2,1H3. The monoisotopic (exact) mass is 221 g/mol. The van der Waals surface area contributed by atoms with Gasteiger partial charge in [-0.05, 0) is 25.1 Å². The number of anilines is 2. The lowest BCUT2D eigenvalue weighted by Crippen LogP contribution is -2.42. The average Bonchev–Trinajstić information content (AvgIpc) is 2.32. The smallest absolute Gasteiger partial charge is 0.0992 e. The van der Waals surface area contributed by atoms with Gasteiger partial charge >= 0.3 is 0 Å². The van der Waals surface area contributed by atoms with Gasteiger partial charge in [-0.2, -0.15) is 5.26 Å². The van der Waals surface area contributed by atoms with Crippen LogP contribution >= 0.6 is 0 Å². The van der Waals surface area contributed by atoms with Crippen LogP contribution in [0.15, 0.2) is 18.2 Å². The Labute approximate surface area is 94.1 Å². The van der Waals surface area contributed by atoms with E-state index >= 15 is 0 Å². The molecule has 0 aliphatic heterocycles. The zero-order valence-corrected chi connectivity index (χ0v) is 9.07. The van der Waals surface area contributed by atoms with Gasteiger partial charge in [0, 0.05) is 0 Å². The van der Waals surface area contributed by atoms with Gasteiger partial charge in [-0.25, -0.2) is 0 Å². The van der Waals surface area contributed by atoms with Crippen LogP contribution in [0.1, 0.15) is 12.5 Å². The van der Waals surface area contributed by atoms with Gasteiger partial charge in [-0.1, -0.05) is 0 Å². The van der Waals surface area contributed by atoms with Crippen LogP contribution < -0.4 is 11.1 Å². The summed E-state index contributed by atoms with van der Waals surface area (Å²) in [5.74, 6) is 0. The fourth-order valence-corrected chi connectivity index (χ4v) is 1.19. The van der Waals surface area contributed by atoms with Gasteiger partial charge in [0.1, 0.15) is 0 Å². The summed E-state index contributed by atoms with van der Waals surface area (Å²) in [6, 6.07) is 6.79. The second-order valence-electron chi connectivity index (χ2n) is 3.92. The lowest BCUT2D eigenvalue weighted by atomic mass is 10.0. The molecule has 0 aliphatic rings. The van der Waals surface area contributed by atoms with E-state index in [2.05, 4.69) is 5.32 Å². The SMILES string of the molecule is CC(CO)(CO)Nc1cc(C#N)ccc1N. The van der Waals surface area contributed by atoms with Gasteiger partial charge in [-0.3, -0.25) is 0 Å². The summed E-state index contributed by atoms with van der Waals surface area (Å²) in [5, 5.41) is 29.9. The third kappa shape index (κ3) is 2.63. The number of nitrogens with one attached hydrogen (secondary N) is 1. The highest BCUT2D eigenvalue weighted by Crippen LogP contribution is 2.23. The highest BCUT2D eigenvalue weighted by molar-refractivity contribution is 5.69. The Hall–Kier alpha value is -1.77. The number of rotatable bonds is 4. The molecular formula is C11H15N3O2. The van der Waals surface area contributed by atoms with Gasteiger partial charge in [0.25, 0.3) is 0 Å². The van der Waals surface area contributed by atoms with Crippen LogP contribution in [0.25, 0.3) is 0 Å². The molecule has 5 N–H and O–H groups in total. The summed E-state index contributed by atoms with van der Waals surface area (Å²) in [5.41, 5.74) is 6.33. The molecule has 1 rings (SSSR count). The minimum Gasteiger partial charge on any atom is -0.397 e. The zero-order chi connectivity index (χ0) is 12.2. The first kappa shape index (κ1) is 12.3. The van der Waals surface area contributed by atoms with Crippen molar-refractivity contribution in [3.63, 3.8) is 0 Å². The van der Waals surface area contributed by atoms with E-state index in [0.29, 0.717) is 16.9 Å². The van der Waals surface area contributed by atoms with Gasteiger partial charge in [0.15, 0.2) is 0 Å². The number of aliphatic hydroxyl groups is 2. The number of hydrogen-bond acceptors (Lipinski definition) is 5. The molecule has 0 amide bonds. The number of nitrogen functional groups attached to an aromatic ring is 1. The molecule has 16 heavy (non-hydrogen) atoms. The topological polar surface area (TPSA) is 102 Å². The van der Waals surface area contributed by atoms with Crippen molar-refractivity contribution in [3.05, 3.63) is 23.8 Å². The van der Waals surface area contributed by atoms with Crippen molar-refractivity contribution in [2.45, 2.75) is 12.5 Å². The summed E-state index contributed by atoms with van der Waals surface area (Å²) in [7, 11) is 0. The van der Waals surface area contributed by atoms with Crippen LogP contribution in [0.3, 0.4) is 0 Å². The molecule has 0 spiro atoms. The normalized spacial score (nSPS) is 10.9. The maximum absolute atomic E-state index is 9.14. The first-order valence-electron chi connectivity index (χ1n) is 4.84. The van der Waals surface area contributed by atoms with Crippen molar-refractivity contribution in [1.29, 1.82) is 5.26 Å². The Bertz CT molecular complexity index is 408. The Balaban J connectivity index is 3.01. The third-order valence-electron chi connectivity index (χ3n) is 2.32. The number of nitriles is 1. The van der Waals surface area contributed by atoms with Gasteiger partial charge in [-0.15, -0.1) is 0 Å². The molecule has 0 heterocycles. The van der Waals surface area contributed by atoms with Gasteiger partial charge in [0.05, 0.1) is 41.8 Å². The molecule has 1 aromatic rings. The first-order chi connectivity index (χ1) is 7.54. The molecule has 0 saturated carbocycles. The van der Waals surface area contributed by atoms with E-state index < -0.39 is 5.54 Å². The minimum atomic E-state index is -0.859. The van der Waals surface area contributed by atoms with E-state index in [4.69, 9.17) is 21.2 Å². The summed E-state index contributed by atoms with van der Waals surface area (Å²) in [4.78, 5) is 0. The summed E-state index contributed by atoms with van der Waals surface area (Å²) in [6.45, 7) is 1.19. The molecule has 0 aliphatic carbocycles. The Kier molecular flexibility index (Phi) is 3.72. The molecule has 0 bridgehead atoms.